The second-order valence-electron chi connectivity index (χ2n) is 4.61. The van der Waals surface area contributed by atoms with Crippen LogP contribution in [0.3, 0.4) is 0 Å². The lowest BCUT2D eigenvalue weighted by atomic mass is 10.3. The zero-order valence-corrected chi connectivity index (χ0v) is 11.8. The molecule has 19 heavy (non-hydrogen) atoms. The maximum atomic E-state index is 5.48. The Labute approximate surface area is 118 Å². The average Bonchev–Trinajstić information content (AvgIpc) is 2.40. The van der Waals surface area contributed by atoms with Crippen molar-refractivity contribution in [2.45, 2.75) is 13.0 Å². The summed E-state index contributed by atoms with van der Waals surface area (Å²) in [5.41, 5.74) is 6.02. The van der Waals surface area contributed by atoms with Crippen LogP contribution >= 0.6 is 12.2 Å². The van der Waals surface area contributed by atoms with Crippen molar-refractivity contribution in [2.75, 3.05) is 38.2 Å². The van der Waals surface area contributed by atoms with Crippen molar-refractivity contribution in [1.29, 1.82) is 0 Å². The molecule has 0 radical (unpaired) electrons. The molecule has 0 spiro atoms. The number of morpholine rings is 1. The molecule has 7 heteroatoms. The normalized spacial score (nSPS) is 17.9. The maximum absolute atomic E-state index is 5.48. The van der Waals surface area contributed by atoms with E-state index in [2.05, 4.69) is 27.1 Å². The second kappa shape index (κ2) is 6.74. The maximum Gasteiger partial charge on any atom is 0.144 e. The summed E-state index contributed by atoms with van der Waals surface area (Å²) in [4.78, 5) is 11.0. The lowest BCUT2D eigenvalue weighted by Crippen LogP contribution is -2.42. The van der Waals surface area contributed by atoms with E-state index in [9.17, 15) is 0 Å². The first-order chi connectivity index (χ1) is 9.15. The number of thiocarbonyl (C=S) groups is 1. The molecule has 1 fully saturated rings. The third-order valence-corrected chi connectivity index (χ3v) is 3.14. The summed E-state index contributed by atoms with van der Waals surface area (Å²) in [5, 5.41) is 3.32. The molecule has 1 aliphatic rings. The Morgan fingerprint density at radius 2 is 2.21 bits per heavy atom. The van der Waals surface area contributed by atoms with Gasteiger partial charge in [0.05, 0.1) is 25.6 Å². The van der Waals surface area contributed by atoms with Crippen molar-refractivity contribution < 1.29 is 4.74 Å². The highest BCUT2D eigenvalue weighted by atomic mass is 32.1. The second-order valence-corrected chi connectivity index (χ2v) is 5.05. The number of nitrogens with two attached hydrogens (primary N) is 1. The highest BCUT2D eigenvalue weighted by Crippen LogP contribution is 2.05. The number of hydrogen-bond acceptors (Lipinski definition) is 6. The van der Waals surface area contributed by atoms with E-state index in [0.29, 0.717) is 11.7 Å². The van der Waals surface area contributed by atoms with Gasteiger partial charge in [-0.05, 0) is 6.92 Å². The van der Waals surface area contributed by atoms with Gasteiger partial charge in [-0.15, -0.1) is 0 Å². The van der Waals surface area contributed by atoms with E-state index in [0.717, 1.165) is 38.7 Å². The van der Waals surface area contributed by atoms with Gasteiger partial charge in [0.2, 0.25) is 0 Å². The molecule has 6 nitrogen and oxygen atoms in total. The van der Waals surface area contributed by atoms with Crippen molar-refractivity contribution >= 4 is 23.0 Å². The molecule has 1 aromatic rings. The Kier molecular flexibility index (Phi) is 5.00. The van der Waals surface area contributed by atoms with Gasteiger partial charge in [-0.2, -0.15) is 0 Å². The molecule has 1 aliphatic heterocycles. The Hall–Kier alpha value is -1.31. The Morgan fingerprint density at radius 3 is 2.79 bits per heavy atom. The minimum absolute atomic E-state index is 0.264. The summed E-state index contributed by atoms with van der Waals surface area (Å²) in [6, 6.07) is 0.295. The third-order valence-electron chi connectivity index (χ3n) is 2.93. The zero-order chi connectivity index (χ0) is 13.7. The molecule has 0 bridgehead atoms. The fourth-order valence-corrected chi connectivity index (χ4v) is 2.10. The van der Waals surface area contributed by atoms with Crippen LogP contribution in [0.4, 0.5) is 5.82 Å². The first-order valence-corrected chi connectivity index (χ1v) is 6.74. The molecule has 0 aliphatic carbocycles. The molecule has 1 unspecified atom stereocenters. The average molecular weight is 281 g/mol. The lowest BCUT2D eigenvalue weighted by molar-refractivity contribution is 0.0368. The third kappa shape index (κ3) is 4.38. The number of ether oxygens (including phenoxy) is 1. The van der Waals surface area contributed by atoms with E-state index in [4.69, 9.17) is 22.7 Å². The van der Waals surface area contributed by atoms with E-state index >= 15 is 0 Å². The summed E-state index contributed by atoms with van der Waals surface area (Å²) in [6.45, 7) is 6.68. The quantitative estimate of drug-likeness (QED) is 0.749. The van der Waals surface area contributed by atoms with Crippen LogP contribution in [0.15, 0.2) is 12.4 Å². The topological polar surface area (TPSA) is 76.3 Å². The minimum Gasteiger partial charge on any atom is -0.388 e. The molecule has 0 saturated carbocycles. The van der Waals surface area contributed by atoms with E-state index in [1.807, 2.05) is 0 Å². The number of nitrogens with one attached hydrogen (secondary N) is 1. The molecular weight excluding hydrogens is 262 g/mol. The van der Waals surface area contributed by atoms with Crippen LogP contribution < -0.4 is 11.1 Å². The summed E-state index contributed by atoms with van der Waals surface area (Å²) in [7, 11) is 0. The number of rotatable bonds is 5. The van der Waals surface area contributed by atoms with Gasteiger partial charge >= 0.3 is 0 Å². The predicted molar refractivity (Wildman–Crippen MR) is 78.3 cm³/mol. The molecule has 2 heterocycles. The molecule has 2 rings (SSSR count). The van der Waals surface area contributed by atoms with Crippen molar-refractivity contribution in [2.24, 2.45) is 5.73 Å². The summed E-state index contributed by atoms with van der Waals surface area (Å²) < 4.78 is 5.33. The van der Waals surface area contributed by atoms with Gasteiger partial charge in [-0.25, -0.2) is 9.97 Å². The van der Waals surface area contributed by atoms with E-state index < -0.39 is 0 Å². The summed E-state index contributed by atoms with van der Waals surface area (Å²) in [5.74, 6) is 0.737. The fraction of sp³-hybridized carbons (Fsp3) is 0.583. The highest BCUT2D eigenvalue weighted by Gasteiger charge is 2.13. The van der Waals surface area contributed by atoms with Crippen LogP contribution in [0.2, 0.25) is 0 Å². The number of aromatic nitrogens is 2. The largest absolute Gasteiger partial charge is 0.388 e. The molecule has 104 valence electrons. The lowest BCUT2D eigenvalue weighted by Gasteiger charge is -2.29. The standard InChI is InChI=1S/C12H19N5OS/c1-9(8-17-2-4-18-5-3-17)16-11-7-14-10(6-15-11)12(13)19/h6-7,9H,2-5,8H2,1H3,(H2,13,19)(H,15,16). The van der Waals surface area contributed by atoms with Crippen molar-refractivity contribution in [3.63, 3.8) is 0 Å². The van der Waals surface area contributed by atoms with Gasteiger partial charge in [-0.3, -0.25) is 4.90 Å². The van der Waals surface area contributed by atoms with E-state index in [1.54, 1.807) is 12.4 Å². The van der Waals surface area contributed by atoms with Gasteiger partial charge < -0.3 is 15.8 Å². The first-order valence-electron chi connectivity index (χ1n) is 6.33. The monoisotopic (exact) mass is 281 g/mol. The van der Waals surface area contributed by atoms with Gasteiger partial charge in [0, 0.05) is 25.7 Å². The predicted octanol–water partition coefficient (Wildman–Crippen LogP) is 0.243. The van der Waals surface area contributed by atoms with Gasteiger partial charge in [0.15, 0.2) is 0 Å². The van der Waals surface area contributed by atoms with Gasteiger partial charge in [0.25, 0.3) is 0 Å². The van der Waals surface area contributed by atoms with Crippen LogP contribution in [-0.4, -0.2) is 58.7 Å². The fourth-order valence-electron chi connectivity index (χ4n) is 2.00. The zero-order valence-electron chi connectivity index (χ0n) is 11.0. The number of nitrogens with zero attached hydrogens (tertiary/aromatic N) is 3. The highest BCUT2D eigenvalue weighted by molar-refractivity contribution is 7.80. The molecular formula is C12H19N5OS. The summed E-state index contributed by atoms with van der Waals surface area (Å²) >= 11 is 4.84. The number of anilines is 1. The molecule has 3 N–H and O–H groups in total. The Balaban J connectivity index is 1.83. The van der Waals surface area contributed by atoms with Crippen LogP contribution in [0, 0.1) is 0 Å². The van der Waals surface area contributed by atoms with Crippen molar-refractivity contribution in [3.05, 3.63) is 18.1 Å². The van der Waals surface area contributed by atoms with E-state index in [-0.39, 0.29) is 4.99 Å². The molecule has 0 aromatic carbocycles. The number of hydrogen-bond donors (Lipinski definition) is 2. The van der Waals surface area contributed by atoms with Crippen LogP contribution in [0.25, 0.3) is 0 Å². The summed E-state index contributed by atoms with van der Waals surface area (Å²) in [6.07, 6.45) is 3.25. The molecule has 1 saturated heterocycles. The first kappa shape index (κ1) is 14.1. The van der Waals surface area contributed by atoms with Crippen LogP contribution in [0.5, 0.6) is 0 Å². The Bertz CT molecular complexity index is 419. The Morgan fingerprint density at radius 1 is 1.47 bits per heavy atom. The van der Waals surface area contributed by atoms with Gasteiger partial charge in [-0.1, -0.05) is 12.2 Å². The van der Waals surface area contributed by atoms with Crippen LogP contribution in [0.1, 0.15) is 12.6 Å². The van der Waals surface area contributed by atoms with Crippen molar-refractivity contribution in [1.82, 2.24) is 14.9 Å². The molecule has 0 amide bonds. The smallest absolute Gasteiger partial charge is 0.144 e. The molecule has 1 atom stereocenters. The minimum atomic E-state index is 0.264. The molecule has 1 aromatic heterocycles. The van der Waals surface area contributed by atoms with Crippen molar-refractivity contribution in [3.8, 4) is 0 Å². The van der Waals surface area contributed by atoms with Crippen LogP contribution in [-0.2, 0) is 4.74 Å². The SMILES string of the molecule is CC(CN1CCOCC1)Nc1cnc(C(N)=S)cn1. The van der Waals surface area contributed by atoms with E-state index in [1.165, 1.54) is 0 Å². The van der Waals surface area contributed by atoms with Gasteiger partial charge in [0.1, 0.15) is 16.5 Å².